The van der Waals surface area contributed by atoms with Gasteiger partial charge in [0.05, 0.1) is 16.0 Å². The van der Waals surface area contributed by atoms with Gasteiger partial charge in [0.15, 0.2) is 5.67 Å². The van der Waals surface area contributed by atoms with Gasteiger partial charge in [0, 0.05) is 11.3 Å². The molecule has 3 aromatic carbocycles. The molecule has 31 heavy (non-hydrogen) atoms. The van der Waals surface area contributed by atoms with Crippen molar-refractivity contribution in [1.29, 1.82) is 0 Å². The number of nitrogens with one attached hydrogen (secondary N) is 1. The van der Waals surface area contributed by atoms with Crippen LogP contribution in [0.1, 0.15) is 5.56 Å². The molecule has 2 unspecified atom stereocenters. The Labute approximate surface area is 188 Å². The molecular weight excluding hydrogens is 439 g/mol. The summed E-state index contributed by atoms with van der Waals surface area (Å²) in [5, 5.41) is 3.42. The summed E-state index contributed by atoms with van der Waals surface area (Å²) < 4.78 is 30.0. The molecule has 156 valence electrons. The van der Waals surface area contributed by atoms with Crippen molar-refractivity contribution in [2.75, 3.05) is 5.32 Å². The molecule has 1 N–H and O–H groups in total. The van der Waals surface area contributed by atoms with Gasteiger partial charge in [-0.2, -0.15) is 0 Å². The molecule has 2 nitrogen and oxygen atoms in total. The minimum atomic E-state index is -2.01. The van der Waals surface area contributed by atoms with Gasteiger partial charge in [0.25, 0.3) is 0 Å². The molecule has 2 atom stereocenters. The molecule has 0 radical (unpaired) electrons. The molecule has 0 heterocycles. The number of halogens is 4. The fraction of sp³-hybridized carbons (Fsp3) is 0.0800. The standard InChI is InChI=1S/C25H17Cl2F2NO/c26-21-11-9-16(14-22(21)27)19-15-18(28)10-12-23(19)30-24(31)20-8-4-5-13-25(20,29)17-6-2-1-3-7-17/h1-15,20H,(H,30,31). The third kappa shape index (κ3) is 4.27. The molecule has 4 rings (SSSR count). The molecule has 1 aliphatic carbocycles. The Hall–Kier alpha value is -2.95. The topological polar surface area (TPSA) is 29.1 Å². The number of carbonyl (C=O) groups is 1. The first-order chi connectivity index (χ1) is 14.9. The van der Waals surface area contributed by atoms with Gasteiger partial charge < -0.3 is 5.32 Å². The predicted molar refractivity (Wildman–Crippen MR) is 121 cm³/mol. The highest BCUT2D eigenvalue weighted by molar-refractivity contribution is 6.42. The number of carbonyl (C=O) groups excluding carboxylic acids is 1. The Morgan fingerprint density at radius 1 is 0.935 bits per heavy atom. The van der Waals surface area contributed by atoms with Gasteiger partial charge in [-0.05, 0) is 47.5 Å². The van der Waals surface area contributed by atoms with Crippen molar-refractivity contribution in [2.45, 2.75) is 5.67 Å². The monoisotopic (exact) mass is 455 g/mol. The minimum absolute atomic E-state index is 0.299. The fourth-order valence-corrected chi connectivity index (χ4v) is 3.90. The third-order valence-electron chi connectivity index (χ3n) is 5.17. The van der Waals surface area contributed by atoms with Crippen molar-refractivity contribution in [3.63, 3.8) is 0 Å². The quantitative estimate of drug-likeness (QED) is 0.437. The Bertz CT molecular complexity index is 1190. The number of anilines is 1. The number of allylic oxidation sites excluding steroid dienone is 3. The summed E-state index contributed by atoms with van der Waals surface area (Å²) in [4.78, 5) is 13.2. The molecule has 1 aliphatic rings. The van der Waals surface area contributed by atoms with Crippen LogP contribution in [-0.2, 0) is 10.5 Å². The average Bonchev–Trinajstić information content (AvgIpc) is 2.78. The van der Waals surface area contributed by atoms with Crippen molar-refractivity contribution in [3.05, 3.63) is 112 Å². The third-order valence-corrected chi connectivity index (χ3v) is 5.91. The van der Waals surface area contributed by atoms with Crippen molar-refractivity contribution < 1.29 is 13.6 Å². The summed E-state index contributed by atoms with van der Waals surface area (Å²) in [5.74, 6) is -2.14. The van der Waals surface area contributed by atoms with Gasteiger partial charge in [-0.3, -0.25) is 4.79 Å². The van der Waals surface area contributed by atoms with E-state index in [0.717, 1.165) is 0 Å². The zero-order valence-corrected chi connectivity index (χ0v) is 17.7. The van der Waals surface area contributed by atoms with Crippen LogP contribution in [0.5, 0.6) is 0 Å². The highest BCUT2D eigenvalue weighted by atomic mass is 35.5. The van der Waals surface area contributed by atoms with E-state index in [1.54, 1.807) is 60.7 Å². The summed E-state index contributed by atoms with van der Waals surface area (Å²) in [5.41, 5.74) is -0.323. The molecule has 0 saturated heterocycles. The number of alkyl halides is 1. The molecule has 1 amide bonds. The number of hydrogen-bond acceptors (Lipinski definition) is 1. The van der Waals surface area contributed by atoms with Gasteiger partial charge >= 0.3 is 0 Å². The lowest BCUT2D eigenvalue weighted by Gasteiger charge is -2.31. The molecule has 0 bridgehead atoms. The Morgan fingerprint density at radius 2 is 1.71 bits per heavy atom. The summed E-state index contributed by atoms with van der Waals surface area (Å²) >= 11 is 12.1. The molecule has 0 saturated carbocycles. The molecule has 6 heteroatoms. The van der Waals surface area contributed by atoms with Gasteiger partial charge in [0.2, 0.25) is 5.91 Å². The van der Waals surface area contributed by atoms with Crippen molar-refractivity contribution in [1.82, 2.24) is 0 Å². The van der Waals surface area contributed by atoms with E-state index >= 15 is 4.39 Å². The lowest BCUT2D eigenvalue weighted by molar-refractivity contribution is -0.121. The second-order valence-electron chi connectivity index (χ2n) is 7.16. The highest BCUT2D eigenvalue weighted by Gasteiger charge is 2.42. The SMILES string of the molecule is O=C(Nc1ccc(F)cc1-c1ccc(Cl)c(Cl)c1)C1C=CC=CC1(F)c1ccccc1. The second kappa shape index (κ2) is 8.66. The van der Waals surface area contributed by atoms with Gasteiger partial charge in [0.1, 0.15) is 5.82 Å². The molecular formula is C25H17Cl2F2NO. The average molecular weight is 456 g/mol. The first-order valence-electron chi connectivity index (χ1n) is 9.55. The van der Waals surface area contributed by atoms with Gasteiger partial charge in [-0.1, -0.05) is 77.8 Å². The lowest BCUT2D eigenvalue weighted by Crippen LogP contribution is -2.38. The summed E-state index contributed by atoms with van der Waals surface area (Å²) in [7, 11) is 0. The molecule has 0 fully saturated rings. The van der Waals surface area contributed by atoms with Crippen LogP contribution < -0.4 is 5.32 Å². The van der Waals surface area contributed by atoms with Crippen molar-refractivity contribution >= 4 is 34.8 Å². The fourth-order valence-electron chi connectivity index (χ4n) is 3.60. The van der Waals surface area contributed by atoms with Crippen molar-refractivity contribution in [3.8, 4) is 11.1 Å². The van der Waals surface area contributed by atoms with Crippen LogP contribution in [0, 0.1) is 11.7 Å². The maximum absolute atomic E-state index is 16.0. The summed E-state index contributed by atoms with van der Waals surface area (Å²) in [6.45, 7) is 0. The smallest absolute Gasteiger partial charge is 0.235 e. The molecule has 0 aliphatic heterocycles. The van der Waals surface area contributed by atoms with Crippen molar-refractivity contribution in [2.24, 2.45) is 5.92 Å². The van der Waals surface area contributed by atoms with E-state index in [1.807, 2.05) is 0 Å². The van der Waals surface area contributed by atoms with Crippen LogP contribution in [0.3, 0.4) is 0 Å². The van der Waals surface area contributed by atoms with Crippen LogP contribution in [-0.4, -0.2) is 5.91 Å². The summed E-state index contributed by atoms with van der Waals surface area (Å²) in [6.07, 6.45) is 6.10. The number of hydrogen-bond donors (Lipinski definition) is 1. The van der Waals surface area contributed by atoms with E-state index in [2.05, 4.69) is 5.32 Å². The highest BCUT2D eigenvalue weighted by Crippen LogP contribution is 2.40. The Balaban J connectivity index is 1.69. The second-order valence-corrected chi connectivity index (χ2v) is 7.98. The largest absolute Gasteiger partial charge is 0.325 e. The molecule has 0 spiro atoms. The lowest BCUT2D eigenvalue weighted by atomic mass is 9.79. The maximum atomic E-state index is 16.0. The van der Waals surface area contributed by atoms with Gasteiger partial charge in [-0.15, -0.1) is 0 Å². The van der Waals surface area contributed by atoms with Crippen LogP contribution in [0.4, 0.5) is 14.5 Å². The molecule has 0 aromatic heterocycles. The number of amides is 1. The number of rotatable bonds is 4. The Morgan fingerprint density at radius 3 is 2.45 bits per heavy atom. The Kier molecular flexibility index (Phi) is 5.94. The van der Waals surface area contributed by atoms with Crippen LogP contribution in [0.2, 0.25) is 10.0 Å². The van der Waals surface area contributed by atoms with Crippen LogP contribution in [0.25, 0.3) is 11.1 Å². The normalized spacial score (nSPS) is 19.9. The zero-order chi connectivity index (χ0) is 22.0. The van der Waals surface area contributed by atoms with E-state index < -0.39 is 23.3 Å². The molecule has 3 aromatic rings. The van der Waals surface area contributed by atoms with E-state index in [-0.39, 0.29) is 0 Å². The summed E-state index contributed by atoms with van der Waals surface area (Å²) in [6, 6.07) is 17.3. The van der Waals surface area contributed by atoms with E-state index in [4.69, 9.17) is 23.2 Å². The first-order valence-corrected chi connectivity index (χ1v) is 10.3. The van der Waals surface area contributed by atoms with E-state index in [1.165, 1.54) is 30.4 Å². The van der Waals surface area contributed by atoms with E-state index in [0.29, 0.717) is 32.4 Å². The van der Waals surface area contributed by atoms with E-state index in [9.17, 15) is 9.18 Å². The zero-order valence-electron chi connectivity index (χ0n) is 16.2. The van der Waals surface area contributed by atoms with Crippen LogP contribution >= 0.6 is 23.2 Å². The first kappa shape index (κ1) is 21.3. The minimum Gasteiger partial charge on any atom is -0.325 e. The van der Waals surface area contributed by atoms with Crippen LogP contribution in [0.15, 0.2) is 91.0 Å². The maximum Gasteiger partial charge on any atom is 0.235 e. The predicted octanol–water partition coefficient (Wildman–Crippen LogP) is 7.35. The number of benzene rings is 3. The van der Waals surface area contributed by atoms with Gasteiger partial charge in [-0.25, -0.2) is 8.78 Å².